The zero-order chi connectivity index (χ0) is 10.3. The van der Waals surface area contributed by atoms with Crippen molar-refractivity contribution < 1.29 is 38.3 Å². The van der Waals surface area contributed by atoms with Gasteiger partial charge in [-0.15, -0.1) is 0 Å². The molecule has 2 rings (SSSR count). The fourth-order valence-corrected chi connectivity index (χ4v) is 2.34. The summed E-state index contributed by atoms with van der Waals surface area (Å²) in [6, 6.07) is 2.93. The molecule has 1 atom stereocenters. The van der Waals surface area contributed by atoms with Crippen molar-refractivity contribution in [1.82, 2.24) is 9.97 Å². The van der Waals surface area contributed by atoms with Gasteiger partial charge in [-0.3, -0.25) is 4.21 Å². The fourth-order valence-electron chi connectivity index (χ4n) is 1.16. The average molecular weight is 299 g/mol. The second kappa shape index (κ2) is 4.94. The summed E-state index contributed by atoms with van der Waals surface area (Å²) in [4.78, 5) is 16.0. The van der Waals surface area contributed by atoms with Crippen LogP contribution < -0.4 is 35.2 Å². The molecule has 1 unspecified atom stereocenters. The van der Waals surface area contributed by atoms with Crippen LogP contribution in [0.3, 0.4) is 0 Å². The van der Waals surface area contributed by atoms with Crippen LogP contribution >= 0.6 is 15.9 Å². The molecule has 0 aliphatic carbocycles. The van der Waals surface area contributed by atoms with E-state index >= 15 is 0 Å². The first-order chi connectivity index (χ1) is 6.58. The van der Waals surface area contributed by atoms with Crippen LogP contribution in [0.15, 0.2) is 26.3 Å². The molecule has 1 heterocycles. The zero-order valence-corrected chi connectivity index (χ0v) is 12.1. The number of aromatic nitrogens is 2. The van der Waals surface area contributed by atoms with Crippen LogP contribution in [-0.4, -0.2) is 18.7 Å². The van der Waals surface area contributed by atoms with Crippen LogP contribution in [0.2, 0.25) is 0 Å². The van der Waals surface area contributed by atoms with Crippen molar-refractivity contribution in [2.24, 2.45) is 0 Å². The van der Waals surface area contributed by atoms with Crippen LogP contribution in [0.4, 0.5) is 0 Å². The van der Waals surface area contributed by atoms with E-state index < -0.39 is 11.1 Å². The van der Waals surface area contributed by atoms with Gasteiger partial charge in [0.05, 0.1) is 11.0 Å². The molecule has 0 aliphatic heterocycles. The summed E-state index contributed by atoms with van der Waals surface area (Å²) in [5.41, 5.74) is 0.675. The standard InChI is InChI=1S/C7H5BrN2O3S.Na/c8-3-1-4-5(10-7(11)9-4)2-6(3)14(12)13;/h1-2H,(H,12,13)(H2,9,10,11);/q;+1/p-1. The van der Waals surface area contributed by atoms with Gasteiger partial charge in [0.2, 0.25) is 0 Å². The molecule has 0 bridgehead atoms. The number of imidazole rings is 1. The fraction of sp³-hybridized carbons (Fsp3) is 0. The minimum atomic E-state index is -2.32. The second-order valence-corrected chi connectivity index (χ2v) is 4.41. The molecule has 0 radical (unpaired) electrons. The Morgan fingerprint density at radius 3 is 2.33 bits per heavy atom. The molecule has 0 aliphatic rings. The summed E-state index contributed by atoms with van der Waals surface area (Å²) in [5, 5.41) is 0. The second-order valence-electron chi connectivity index (χ2n) is 2.64. The number of hydrogen-bond donors (Lipinski definition) is 2. The molecule has 0 saturated heterocycles. The van der Waals surface area contributed by atoms with E-state index in [0.717, 1.165) is 0 Å². The van der Waals surface area contributed by atoms with Gasteiger partial charge in [-0.25, -0.2) is 4.79 Å². The number of nitrogens with one attached hydrogen (secondary N) is 2. The minimum Gasteiger partial charge on any atom is -0.768 e. The molecular formula is C7H4BrN2NaO3S. The first-order valence-corrected chi connectivity index (χ1v) is 5.45. The van der Waals surface area contributed by atoms with E-state index in [1.165, 1.54) is 6.07 Å². The van der Waals surface area contributed by atoms with Gasteiger partial charge in [-0.1, -0.05) is 0 Å². The number of H-pyrrole nitrogens is 2. The predicted molar refractivity (Wildman–Crippen MR) is 53.8 cm³/mol. The normalized spacial score (nSPS) is 12.4. The molecule has 1 aromatic carbocycles. The maximum absolute atomic E-state index is 10.9. The van der Waals surface area contributed by atoms with Gasteiger partial charge in [-0.2, -0.15) is 0 Å². The molecule has 5 nitrogen and oxygen atoms in total. The van der Waals surface area contributed by atoms with Crippen LogP contribution in [0.5, 0.6) is 0 Å². The third kappa shape index (κ3) is 2.61. The summed E-state index contributed by atoms with van der Waals surface area (Å²) < 4.78 is 21.9. The van der Waals surface area contributed by atoms with Gasteiger partial charge < -0.3 is 14.5 Å². The Kier molecular flexibility index (Phi) is 4.33. The average Bonchev–Trinajstić information content (AvgIpc) is 2.42. The van der Waals surface area contributed by atoms with Gasteiger partial charge in [0, 0.05) is 9.37 Å². The van der Waals surface area contributed by atoms with E-state index in [1.807, 2.05) is 0 Å². The van der Waals surface area contributed by atoms with E-state index in [4.69, 9.17) is 0 Å². The molecule has 8 heteroatoms. The van der Waals surface area contributed by atoms with Gasteiger partial charge >= 0.3 is 35.2 Å². The van der Waals surface area contributed by atoms with Crippen LogP contribution in [0.1, 0.15) is 0 Å². The zero-order valence-electron chi connectivity index (χ0n) is 7.67. The first-order valence-electron chi connectivity index (χ1n) is 3.59. The summed E-state index contributed by atoms with van der Waals surface area (Å²) in [5.74, 6) is 0. The molecule has 0 amide bonds. The SMILES string of the molecule is O=c1[nH]c2cc(Br)c(S(=O)[O-])cc2[nH]1.[Na+]. The Hall–Kier alpha value is 0.0800. The summed E-state index contributed by atoms with van der Waals surface area (Å²) in [6.45, 7) is 0. The molecule has 1 aromatic heterocycles. The number of fused-ring (bicyclic) bond motifs is 1. The maximum atomic E-state index is 10.9. The quantitative estimate of drug-likeness (QED) is 0.465. The van der Waals surface area contributed by atoms with Crippen molar-refractivity contribution in [3.63, 3.8) is 0 Å². The van der Waals surface area contributed by atoms with E-state index in [-0.39, 0.29) is 40.1 Å². The van der Waals surface area contributed by atoms with Crippen molar-refractivity contribution >= 4 is 38.0 Å². The van der Waals surface area contributed by atoms with Crippen molar-refractivity contribution in [1.29, 1.82) is 0 Å². The van der Waals surface area contributed by atoms with Gasteiger partial charge in [0.1, 0.15) is 0 Å². The summed E-state index contributed by atoms with van der Waals surface area (Å²) in [6.07, 6.45) is 0. The number of hydrogen-bond acceptors (Lipinski definition) is 3. The van der Waals surface area contributed by atoms with Gasteiger partial charge in [-0.05, 0) is 39.1 Å². The van der Waals surface area contributed by atoms with Crippen molar-refractivity contribution in [2.75, 3.05) is 0 Å². The molecule has 0 fully saturated rings. The monoisotopic (exact) mass is 298 g/mol. The van der Waals surface area contributed by atoms with Gasteiger partial charge in [0.25, 0.3) is 0 Å². The van der Waals surface area contributed by atoms with Crippen LogP contribution in [-0.2, 0) is 11.1 Å². The summed E-state index contributed by atoms with van der Waals surface area (Å²) in [7, 11) is 0. The third-order valence-electron chi connectivity index (χ3n) is 1.75. The number of benzene rings is 1. The smallest absolute Gasteiger partial charge is 0.768 e. The maximum Gasteiger partial charge on any atom is 1.00 e. The van der Waals surface area contributed by atoms with E-state index in [2.05, 4.69) is 25.9 Å². The van der Waals surface area contributed by atoms with Crippen LogP contribution in [0.25, 0.3) is 11.0 Å². The Balaban J connectivity index is 0.00000112. The minimum absolute atomic E-state index is 0. The largest absolute Gasteiger partial charge is 1.00 e. The molecule has 0 saturated carbocycles. The first kappa shape index (κ1) is 13.1. The Morgan fingerprint density at radius 2 is 1.80 bits per heavy atom. The van der Waals surface area contributed by atoms with E-state index in [1.54, 1.807) is 6.07 Å². The Labute approximate surface area is 117 Å². The van der Waals surface area contributed by atoms with Gasteiger partial charge in [0.15, 0.2) is 0 Å². The Bertz CT molecular complexity index is 579. The molecule has 74 valence electrons. The number of aromatic amines is 2. The molecular weight excluding hydrogens is 295 g/mol. The molecule has 0 spiro atoms. The summed E-state index contributed by atoms with van der Waals surface area (Å²) >= 11 is 0.778. The Morgan fingerprint density at radius 1 is 1.27 bits per heavy atom. The number of halogens is 1. The van der Waals surface area contributed by atoms with E-state index in [0.29, 0.717) is 15.5 Å². The molecule has 15 heavy (non-hydrogen) atoms. The van der Waals surface area contributed by atoms with Crippen molar-refractivity contribution in [3.05, 3.63) is 27.1 Å². The van der Waals surface area contributed by atoms with E-state index in [9.17, 15) is 13.6 Å². The topological polar surface area (TPSA) is 88.8 Å². The predicted octanol–water partition coefficient (Wildman–Crippen LogP) is -2.14. The van der Waals surface area contributed by atoms with Crippen molar-refractivity contribution in [2.45, 2.75) is 4.90 Å². The van der Waals surface area contributed by atoms with Crippen molar-refractivity contribution in [3.8, 4) is 0 Å². The molecule has 2 aromatic rings. The van der Waals surface area contributed by atoms with Crippen LogP contribution in [0, 0.1) is 0 Å². The molecule has 2 N–H and O–H groups in total. The number of rotatable bonds is 1. The third-order valence-corrected chi connectivity index (χ3v) is 3.36.